The minimum Gasteiger partial charge on any atom is -0.493 e. The van der Waals surface area contributed by atoms with Crippen LogP contribution in [0.1, 0.15) is 24.2 Å². The van der Waals surface area contributed by atoms with Crippen LogP contribution in [0.15, 0.2) is 42.5 Å². The third-order valence-electron chi connectivity index (χ3n) is 3.37. The van der Waals surface area contributed by atoms with Gasteiger partial charge in [0.05, 0.1) is 17.8 Å². The molecule has 0 unspecified atom stereocenters. The molecule has 0 radical (unpaired) electrons. The first-order valence-electron chi connectivity index (χ1n) is 7.33. The summed E-state index contributed by atoms with van der Waals surface area (Å²) in [7, 11) is 1.47. The van der Waals surface area contributed by atoms with Gasteiger partial charge >= 0.3 is 0 Å². The number of nitrogens with one attached hydrogen (secondary N) is 1. The molecule has 2 aromatic carbocycles. The van der Waals surface area contributed by atoms with Gasteiger partial charge in [0.15, 0.2) is 23.4 Å². The first-order chi connectivity index (χ1) is 11.4. The smallest absolute Gasteiger partial charge is 0.265 e. The first-order valence-corrected chi connectivity index (χ1v) is 7.71. The standard InChI is InChI=1S/C18H18ClNO4/c1-11(21)13-8-9-16(17(10-13)23-3)24-12(2)18(22)20-15-7-5-4-6-14(15)19/h4-10,12H,1-3H3,(H,20,22)/t12-/m0/s1. The molecule has 2 rings (SSSR count). The number of carbonyl (C=O) groups is 2. The van der Waals surface area contributed by atoms with Crippen LogP contribution >= 0.6 is 11.6 Å². The van der Waals surface area contributed by atoms with E-state index in [1.807, 2.05) is 0 Å². The highest BCUT2D eigenvalue weighted by molar-refractivity contribution is 6.33. The van der Waals surface area contributed by atoms with Crippen molar-refractivity contribution in [3.8, 4) is 11.5 Å². The SMILES string of the molecule is COc1cc(C(C)=O)ccc1O[C@@H](C)C(=O)Nc1ccccc1Cl. The average molecular weight is 348 g/mol. The highest BCUT2D eigenvalue weighted by Gasteiger charge is 2.18. The van der Waals surface area contributed by atoms with Gasteiger partial charge in [0.25, 0.3) is 5.91 Å². The Labute approximate surface area is 145 Å². The highest BCUT2D eigenvalue weighted by atomic mass is 35.5. The summed E-state index contributed by atoms with van der Waals surface area (Å²) in [6.07, 6.45) is -0.779. The molecule has 1 N–H and O–H groups in total. The van der Waals surface area contributed by atoms with Crippen molar-refractivity contribution < 1.29 is 19.1 Å². The lowest BCUT2D eigenvalue weighted by Crippen LogP contribution is -2.30. The molecule has 1 amide bonds. The normalized spacial score (nSPS) is 11.5. The summed E-state index contributed by atoms with van der Waals surface area (Å²) < 4.78 is 10.9. The molecule has 5 nitrogen and oxygen atoms in total. The molecule has 0 aliphatic carbocycles. The van der Waals surface area contributed by atoms with Crippen molar-refractivity contribution >= 4 is 29.0 Å². The number of hydrogen-bond donors (Lipinski definition) is 1. The molecule has 1 atom stereocenters. The Morgan fingerprint density at radius 3 is 2.46 bits per heavy atom. The number of benzene rings is 2. The highest BCUT2D eigenvalue weighted by Crippen LogP contribution is 2.29. The van der Waals surface area contributed by atoms with E-state index in [0.717, 1.165) is 0 Å². The molecule has 2 aromatic rings. The predicted octanol–water partition coefficient (Wildman–Crippen LogP) is 3.96. The minimum absolute atomic E-state index is 0.0793. The number of rotatable bonds is 6. The van der Waals surface area contributed by atoms with E-state index >= 15 is 0 Å². The number of ketones is 1. The number of methoxy groups -OCH3 is 1. The zero-order valence-corrected chi connectivity index (χ0v) is 14.4. The maximum atomic E-state index is 12.3. The lowest BCUT2D eigenvalue weighted by Gasteiger charge is -2.17. The molecule has 0 saturated carbocycles. The molecule has 0 aromatic heterocycles. The number of halogens is 1. The molecule has 24 heavy (non-hydrogen) atoms. The molecule has 126 valence electrons. The molecule has 0 spiro atoms. The van der Waals surface area contributed by atoms with Gasteiger partial charge in [-0.3, -0.25) is 9.59 Å². The Bertz CT molecular complexity index is 760. The number of hydrogen-bond acceptors (Lipinski definition) is 4. The third-order valence-corrected chi connectivity index (χ3v) is 3.70. The van der Waals surface area contributed by atoms with E-state index in [1.165, 1.54) is 14.0 Å². The summed E-state index contributed by atoms with van der Waals surface area (Å²) >= 11 is 6.02. The molecular formula is C18H18ClNO4. The Balaban J connectivity index is 2.11. The number of ether oxygens (including phenoxy) is 2. The van der Waals surface area contributed by atoms with E-state index in [-0.39, 0.29) is 11.7 Å². The van der Waals surface area contributed by atoms with Crippen molar-refractivity contribution in [3.63, 3.8) is 0 Å². The van der Waals surface area contributed by atoms with Crippen LogP contribution in [0.5, 0.6) is 11.5 Å². The topological polar surface area (TPSA) is 64.6 Å². The second-order valence-corrected chi connectivity index (χ2v) is 5.56. The van der Waals surface area contributed by atoms with E-state index in [1.54, 1.807) is 49.4 Å². The second-order valence-electron chi connectivity index (χ2n) is 5.15. The van der Waals surface area contributed by atoms with Gasteiger partial charge in [-0.1, -0.05) is 23.7 Å². The predicted molar refractivity (Wildman–Crippen MR) is 93.2 cm³/mol. The van der Waals surface area contributed by atoms with Crippen LogP contribution in [-0.2, 0) is 4.79 Å². The van der Waals surface area contributed by atoms with Crippen LogP contribution < -0.4 is 14.8 Å². The van der Waals surface area contributed by atoms with Crippen LogP contribution in [0.2, 0.25) is 5.02 Å². The van der Waals surface area contributed by atoms with Gasteiger partial charge in [0.1, 0.15) is 0 Å². The molecule has 0 saturated heterocycles. The van der Waals surface area contributed by atoms with E-state index in [4.69, 9.17) is 21.1 Å². The first kappa shape index (κ1) is 17.8. The van der Waals surface area contributed by atoms with Crippen LogP contribution in [0, 0.1) is 0 Å². The lowest BCUT2D eigenvalue weighted by atomic mass is 10.1. The maximum absolute atomic E-state index is 12.3. The number of amides is 1. The Kier molecular flexibility index (Phi) is 5.82. The number of anilines is 1. The van der Waals surface area contributed by atoms with E-state index in [0.29, 0.717) is 27.8 Å². The molecule has 0 heterocycles. The Morgan fingerprint density at radius 2 is 1.83 bits per heavy atom. The van der Waals surface area contributed by atoms with Gasteiger partial charge in [0, 0.05) is 5.56 Å². The molecule has 0 fully saturated rings. The van der Waals surface area contributed by atoms with Crippen molar-refractivity contribution in [2.24, 2.45) is 0 Å². The molecule has 0 aliphatic heterocycles. The summed E-state index contributed by atoms with van der Waals surface area (Å²) in [5.41, 5.74) is 1.02. The summed E-state index contributed by atoms with van der Waals surface area (Å²) in [5.74, 6) is 0.342. The number of carbonyl (C=O) groups excluding carboxylic acids is 2. The zero-order chi connectivity index (χ0) is 17.7. The van der Waals surface area contributed by atoms with Crippen molar-refractivity contribution in [2.45, 2.75) is 20.0 Å². The largest absolute Gasteiger partial charge is 0.493 e. The Hall–Kier alpha value is -2.53. The van der Waals surface area contributed by atoms with Crippen molar-refractivity contribution in [2.75, 3.05) is 12.4 Å². The fraction of sp³-hybridized carbons (Fsp3) is 0.222. The van der Waals surface area contributed by atoms with Crippen LogP contribution in [-0.4, -0.2) is 24.9 Å². The van der Waals surface area contributed by atoms with Crippen LogP contribution in [0.4, 0.5) is 5.69 Å². The van der Waals surface area contributed by atoms with Crippen LogP contribution in [0.3, 0.4) is 0 Å². The zero-order valence-electron chi connectivity index (χ0n) is 13.6. The molecule has 6 heteroatoms. The van der Waals surface area contributed by atoms with Gasteiger partial charge in [-0.25, -0.2) is 0 Å². The van der Waals surface area contributed by atoms with Gasteiger partial charge < -0.3 is 14.8 Å². The second kappa shape index (κ2) is 7.84. The summed E-state index contributed by atoms with van der Waals surface area (Å²) in [4.78, 5) is 23.7. The maximum Gasteiger partial charge on any atom is 0.265 e. The lowest BCUT2D eigenvalue weighted by molar-refractivity contribution is -0.122. The van der Waals surface area contributed by atoms with E-state index < -0.39 is 6.10 Å². The number of Topliss-reactive ketones (excluding diaryl/α,β-unsaturated/α-hetero) is 1. The van der Waals surface area contributed by atoms with Crippen molar-refractivity contribution in [3.05, 3.63) is 53.1 Å². The monoisotopic (exact) mass is 347 g/mol. The van der Waals surface area contributed by atoms with Gasteiger partial charge in [-0.2, -0.15) is 0 Å². The Morgan fingerprint density at radius 1 is 1.12 bits per heavy atom. The van der Waals surface area contributed by atoms with Crippen LogP contribution in [0.25, 0.3) is 0 Å². The summed E-state index contributed by atoms with van der Waals surface area (Å²) in [6, 6.07) is 11.8. The van der Waals surface area contributed by atoms with Crippen molar-refractivity contribution in [1.29, 1.82) is 0 Å². The van der Waals surface area contributed by atoms with Crippen molar-refractivity contribution in [1.82, 2.24) is 0 Å². The van der Waals surface area contributed by atoms with E-state index in [2.05, 4.69) is 5.32 Å². The van der Waals surface area contributed by atoms with E-state index in [9.17, 15) is 9.59 Å². The fourth-order valence-corrected chi connectivity index (χ4v) is 2.21. The minimum atomic E-state index is -0.779. The third kappa shape index (κ3) is 4.26. The summed E-state index contributed by atoms with van der Waals surface area (Å²) in [5, 5.41) is 3.15. The van der Waals surface area contributed by atoms with Gasteiger partial charge in [-0.05, 0) is 44.2 Å². The number of para-hydroxylation sites is 1. The molecular weight excluding hydrogens is 330 g/mol. The quantitative estimate of drug-likeness (QED) is 0.803. The molecule has 0 aliphatic rings. The van der Waals surface area contributed by atoms with Gasteiger partial charge in [0.2, 0.25) is 0 Å². The average Bonchev–Trinajstić information content (AvgIpc) is 2.56. The van der Waals surface area contributed by atoms with Gasteiger partial charge in [-0.15, -0.1) is 0 Å². The summed E-state index contributed by atoms with van der Waals surface area (Å²) in [6.45, 7) is 3.08. The molecule has 0 bridgehead atoms. The fourth-order valence-electron chi connectivity index (χ4n) is 2.02.